The third-order valence-corrected chi connectivity index (χ3v) is 6.10. The number of hydrogen-bond donors (Lipinski definition) is 1. The molecule has 0 amide bonds. The van der Waals surface area contributed by atoms with Gasteiger partial charge in [-0.25, -0.2) is 0 Å². The molecule has 0 aliphatic heterocycles. The molecule has 0 aromatic heterocycles. The lowest BCUT2D eigenvalue weighted by molar-refractivity contribution is -0.155. The molecule has 1 aliphatic carbocycles. The average Bonchev–Trinajstić information content (AvgIpc) is 2.80. The van der Waals surface area contributed by atoms with E-state index in [1.165, 1.54) is 7.11 Å². The SMILES string of the molecule is COC(=O)C1CC[C@H](CO)[C@H](COCc2ccccc2)[C@@H]1COCc1ccccc1. The fourth-order valence-corrected chi connectivity index (χ4v) is 4.41. The fourth-order valence-electron chi connectivity index (χ4n) is 4.41. The number of methoxy groups -OCH3 is 1. The van der Waals surface area contributed by atoms with Gasteiger partial charge in [-0.1, -0.05) is 60.7 Å². The minimum Gasteiger partial charge on any atom is -0.469 e. The van der Waals surface area contributed by atoms with Crippen molar-refractivity contribution < 1.29 is 24.1 Å². The Hall–Kier alpha value is -2.21. The summed E-state index contributed by atoms with van der Waals surface area (Å²) >= 11 is 0. The average molecular weight is 413 g/mol. The van der Waals surface area contributed by atoms with Gasteiger partial charge in [0.15, 0.2) is 0 Å². The Morgan fingerprint density at radius 2 is 1.40 bits per heavy atom. The number of rotatable bonds is 10. The fraction of sp³-hybridized carbons (Fsp3) is 0.480. The molecule has 2 aromatic rings. The largest absolute Gasteiger partial charge is 0.469 e. The van der Waals surface area contributed by atoms with Gasteiger partial charge in [0.2, 0.25) is 0 Å². The summed E-state index contributed by atoms with van der Waals surface area (Å²) in [5, 5.41) is 9.97. The minimum absolute atomic E-state index is 0.0346. The van der Waals surface area contributed by atoms with E-state index in [1.54, 1.807) is 0 Å². The lowest BCUT2D eigenvalue weighted by Crippen LogP contribution is -2.44. The summed E-state index contributed by atoms with van der Waals surface area (Å²) in [6, 6.07) is 20.0. The van der Waals surface area contributed by atoms with Crippen molar-refractivity contribution in [2.75, 3.05) is 26.9 Å². The standard InChI is InChI=1S/C25H32O5/c1-28-25(27)22-13-12-21(14-26)23(17-29-15-19-8-4-2-5-9-19)24(22)18-30-16-20-10-6-3-7-11-20/h2-11,21-24,26H,12-18H2,1H3/t21-,22?,23+,24-/m1/s1. The molecular weight excluding hydrogens is 380 g/mol. The Bertz CT molecular complexity index is 749. The molecule has 30 heavy (non-hydrogen) atoms. The number of carbonyl (C=O) groups excluding carboxylic acids is 1. The molecule has 1 aliphatic rings. The summed E-state index contributed by atoms with van der Waals surface area (Å²) in [4.78, 5) is 12.5. The zero-order chi connectivity index (χ0) is 21.2. The smallest absolute Gasteiger partial charge is 0.309 e. The van der Waals surface area contributed by atoms with E-state index in [2.05, 4.69) is 0 Å². The molecule has 1 N–H and O–H groups in total. The summed E-state index contributed by atoms with van der Waals surface area (Å²) < 4.78 is 17.1. The first-order valence-corrected chi connectivity index (χ1v) is 10.6. The van der Waals surface area contributed by atoms with Crippen LogP contribution in [-0.4, -0.2) is 38.0 Å². The second-order valence-electron chi connectivity index (χ2n) is 7.98. The highest BCUT2D eigenvalue weighted by Crippen LogP contribution is 2.40. The highest BCUT2D eigenvalue weighted by molar-refractivity contribution is 5.72. The van der Waals surface area contributed by atoms with Gasteiger partial charge in [-0.3, -0.25) is 4.79 Å². The highest BCUT2D eigenvalue weighted by Gasteiger charge is 2.43. The molecular formula is C25H32O5. The first kappa shape index (κ1) is 22.5. The minimum atomic E-state index is -0.237. The molecule has 0 spiro atoms. The number of ether oxygens (including phenoxy) is 3. The second-order valence-corrected chi connectivity index (χ2v) is 7.98. The van der Waals surface area contributed by atoms with E-state index in [-0.39, 0.29) is 36.2 Å². The van der Waals surface area contributed by atoms with E-state index in [0.29, 0.717) is 32.8 Å². The number of hydrogen-bond acceptors (Lipinski definition) is 5. The van der Waals surface area contributed by atoms with E-state index in [1.807, 2.05) is 60.7 Å². The van der Waals surface area contributed by atoms with Crippen LogP contribution >= 0.6 is 0 Å². The molecule has 5 heteroatoms. The van der Waals surface area contributed by atoms with Gasteiger partial charge in [-0.2, -0.15) is 0 Å². The molecule has 0 radical (unpaired) electrons. The molecule has 1 fully saturated rings. The summed E-state index contributed by atoms with van der Waals surface area (Å²) in [5.41, 5.74) is 2.20. The van der Waals surface area contributed by atoms with E-state index in [9.17, 15) is 9.90 Å². The Morgan fingerprint density at radius 3 is 1.90 bits per heavy atom. The molecule has 3 rings (SSSR count). The molecule has 0 bridgehead atoms. The molecule has 0 heterocycles. The molecule has 0 saturated heterocycles. The number of aliphatic hydroxyl groups is 1. The first-order valence-electron chi connectivity index (χ1n) is 10.6. The van der Waals surface area contributed by atoms with Crippen molar-refractivity contribution in [3.63, 3.8) is 0 Å². The number of esters is 1. The van der Waals surface area contributed by atoms with Crippen LogP contribution < -0.4 is 0 Å². The predicted octanol–water partition coefficient (Wildman–Crippen LogP) is 3.84. The van der Waals surface area contributed by atoms with E-state index in [4.69, 9.17) is 14.2 Å². The van der Waals surface area contributed by atoms with Gasteiger partial charge in [0.05, 0.1) is 39.5 Å². The van der Waals surface area contributed by atoms with Crippen LogP contribution in [0.4, 0.5) is 0 Å². The monoisotopic (exact) mass is 412 g/mol. The molecule has 1 unspecified atom stereocenters. The number of benzene rings is 2. The molecule has 162 valence electrons. The van der Waals surface area contributed by atoms with Crippen LogP contribution in [0.25, 0.3) is 0 Å². The Balaban J connectivity index is 1.66. The maximum absolute atomic E-state index is 12.5. The van der Waals surface area contributed by atoms with Gasteiger partial charge in [-0.15, -0.1) is 0 Å². The van der Waals surface area contributed by atoms with Crippen LogP contribution in [0.15, 0.2) is 60.7 Å². The van der Waals surface area contributed by atoms with Gasteiger partial charge in [-0.05, 0) is 35.8 Å². The summed E-state index contributed by atoms with van der Waals surface area (Å²) in [7, 11) is 1.43. The van der Waals surface area contributed by atoms with Crippen molar-refractivity contribution in [3.05, 3.63) is 71.8 Å². The third-order valence-electron chi connectivity index (χ3n) is 6.10. The van der Waals surface area contributed by atoms with E-state index >= 15 is 0 Å². The van der Waals surface area contributed by atoms with Crippen LogP contribution in [0.1, 0.15) is 24.0 Å². The van der Waals surface area contributed by atoms with Crippen molar-refractivity contribution in [1.82, 2.24) is 0 Å². The molecule has 4 atom stereocenters. The van der Waals surface area contributed by atoms with Crippen molar-refractivity contribution in [2.45, 2.75) is 26.1 Å². The predicted molar refractivity (Wildman–Crippen MR) is 114 cm³/mol. The molecule has 5 nitrogen and oxygen atoms in total. The highest BCUT2D eigenvalue weighted by atomic mass is 16.5. The van der Waals surface area contributed by atoms with E-state index < -0.39 is 0 Å². The number of carbonyl (C=O) groups is 1. The maximum atomic E-state index is 12.5. The van der Waals surface area contributed by atoms with Crippen LogP contribution in [0.5, 0.6) is 0 Å². The van der Waals surface area contributed by atoms with E-state index in [0.717, 1.165) is 17.5 Å². The van der Waals surface area contributed by atoms with Gasteiger partial charge in [0, 0.05) is 12.5 Å². The van der Waals surface area contributed by atoms with Crippen LogP contribution in [0.3, 0.4) is 0 Å². The number of aliphatic hydroxyl groups excluding tert-OH is 1. The zero-order valence-electron chi connectivity index (χ0n) is 17.6. The van der Waals surface area contributed by atoms with Crippen LogP contribution in [-0.2, 0) is 32.2 Å². The lowest BCUT2D eigenvalue weighted by atomic mass is 9.67. The van der Waals surface area contributed by atoms with Crippen LogP contribution in [0.2, 0.25) is 0 Å². The van der Waals surface area contributed by atoms with Crippen molar-refractivity contribution in [1.29, 1.82) is 0 Å². The van der Waals surface area contributed by atoms with Gasteiger partial charge in [0.25, 0.3) is 0 Å². The summed E-state index contributed by atoms with van der Waals surface area (Å²) in [6.45, 7) is 2.00. The molecule has 1 saturated carbocycles. The summed E-state index contributed by atoms with van der Waals surface area (Å²) in [6.07, 6.45) is 1.48. The van der Waals surface area contributed by atoms with Gasteiger partial charge in [0.1, 0.15) is 0 Å². The first-order chi connectivity index (χ1) is 14.7. The summed E-state index contributed by atoms with van der Waals surface area (Å²) in [5.74, 6) is -0.367. The van der Waals surface area contributed by atoms with Crippen molar-refractivity contribution in [3.8, 4) is 0 Å². The van der Waals surface area contributed by atoms with Crippen LogP contribution in [0, 0.1) is 23.7 Å². The maximum Gasteiger partial charge on any atom is 0.309 e. The normalized spacial score (nSPS) is 23.8. The zero-order valence-corrected chi connectivity index (χ0v) is 17.6. The molecule has 2 aromatic carbocycles. The topological polar surface area (TPSA) is 65.0 Å². The lowest BCUT2D eigenvalue weighted by Gasteiger charge is -2.41. The second kappa shape index (κ2) is 11.8. The Morgan fingerprint density at radius 1 is 0.867 bits per heavy atom. The third kappa shape index (κ3) is 6.14. The Kier molecular flexibility index (Phi) is 8.87. The van der Waals surface area contributed by atoms with Gasteiger partial charge >= 0.3 is 5.97 Å². The van der Waals surface area contributed by atoms with Gasteiger partial charge < -0.3 is 19.3 Å². The quantitative estimate of drug-likeness (QED) is 0.601. The van der Waals surface area contributed by atoms with Crippen molar-refractivity contribution in [2.24, 2.45) is 23.7 Å². The van der Waals surface area contributed by atoms with Crippen molar-refractivity contribution >= 4 is 5.97 Å². The Labute approximate surface area is 179 Å².